The third-order valence-corrected chi connectivity index (χ3v) is 5.64. The maximum atomic E-state index is 12.2. The van der Waals surface area contributed by atoms with E-state index in [1.165, 1.54) is 6.07 Å². The molecule has 0 saturated carbocycles. The van der Waals surface area contributed by atoms with Gasteiger partial charge in [-0.2, -0.15) is 0 Å². The molecule has 0 spiro atoms. The molecule has 1 atom stereocenters. The number of halogens is 2. The van der Waals surface area contributed by atoms with Gasteiger partial charge in [-0.3, -0.25) is 4.72 Å². The number of phenolic OH excluding ortho intramolecular Hbond substituents is 1. The van der Waals surface area contributed by atoms with Gasteiger partial charge in [0.15, 0.2) is 0 Å². The van der Waals surface area contributed by atoms with Crippen LogP contribution >= 0.6 is 35.1 Å². The average Bonchev–Trinajstić information content (AvgIpc) is 2.42. The SMILES string of the molecule is CC(C)(C)OC(=O)N1CC(C(NSC(C)(C)C)c2cc(Cl)c(Cl)cc2O)C1. The van der Waals surface area contributed by atoms with E-state index in [0.29, 0.717) is 28.7 Å². The number of hydrogen-bond donors (Lipinski definition) is 2. The van der Waals surface area contributed by atoms with Gasteiger partial charge in [-0.05, 0) is 47.6 Å². The molecular formula is C19H28Cl2N2O3S. The van der Waals surface area contributed by atoms with Crippen LogP contribution in [0, 0.1) is 5.92 Å². The summed E-state index contributed by atoms with van der Waals surface area (Å²) in [6.45, 7) is 12.9. The fourth-order valence-electron chi connectivity index (χ4n) is 2.65. The van der Waals surface area contributed by atoms with Gasteiger partial charge in [-0.25, -0.2) is 4.79 Å². The summed E-state index contributed by atoms with van der Waals surface area (Å²) in [4.78, 5) is 13.9. The highest BCUT2D eigenvalue weighted by Gasteiger charge is 2.40. The zero-order valence-corrected chi connectivity index (χ0v) is 18.9. The molecule has 5 nitrogen and oxygen atoms in total. The van der Waals surface area contributed by atoms with Crippen LogP contribution in [0.3, 0.4) is 0 Å². The largest absolute Gasteiger partial charge is 0.508 e. The molecule has 8 heteroatoms. The summed E-state index contributed by atoms with van der Waals surface area (Å²) in [7, 11) is 0. The zero-order chi connectivity index (χ0) is 20.6. The Balaban J connectivity index is 2.16. The zero-order valence-electron chi connectivity index (χ0n) is 16.6. The molecule has 1 unspecified atom stereocenters. The summed E-state index contributed by atoms with van der Waals surface area (Å²) in [5.74, 6) is 0.211. The maximum absolute atomic E-state index is 12.2. The Morgan fingerprint density at radius 2 is 1.78 bits per heavy atom. The van der Waals surface area contributed by atoms with Gasteiger partial charge in [0.05, 0.1) is 16.1 Å². The fourth-order valence-corrected chi connectivity index (χ4v) is 3.78. The minimum atomic E-state index is -0.524. The van der Waals surface area contributed by atoms with Crippen molar-refractivity contribution in [2.75, 3.05) is 13.1 Å². The van der Waals surface area contributed by atoms with Crippen LogP contribution in [0.15, 0.2) is 12.1 Å². The molecule has 1 amide bonds. The monoisotopic (exact) mass is 434 g/mol. The molecule has 1 fully saturated rings. The molecule has 0 aromatic heterocycles. The van der Waals surface area contributed by atoms with Crippen molar-refractivity contribution in [2.24, 2.45) is 5.92 Å². The lowest BCUT2D eigenvalue weighted by atomic mass is 9.87. The summed E-state index contributed by atoms with van der Waals surface area (Å²) in [5.41, 5.74) is 0.152. The van der Waals surface area contributed by atoms with Gasteiger partial charge >= 0.3 is 6.09 Å². The Kier molecular flexibility index (Phi) is 6.89. The molecule has 1 aromatic carbocycles. The predicted molar refractivity (Wildman–Crippen MR) is 113 cm³/mol. The van der Waals surface area contributed by atoms with Crippen molar-refractivity contribution in [1.29, 1.82) is 0 Å². The van der Waals surface area contributed by atoms with Gasteiger partial charge in [0.2, 0.25) is 0 Å². The first kappa shape index (κ1) is 22.5. The number of phenols is 1. The number of aromatic hydroxyl groups is 1. The Morgan fingerprint density at radius 1 is 1.22 bits per heavy atom. The number of nitrogens with zero attached hydrogens (tertiary/aromatic N) is 1. The van der Waals surface area contributed by atoms with Gasteiger partial charge in [-0.15, -0.1) is 0 Å². The highest BCUT2D eigenvalue weighted by Crippen LogP contribution is 2.40. The third kappa shape index (κ3) is 6.34. The average molecular weight is 435 g/mol. The predicted octanol–water partition coefficient (Wildman–Crippen LogP) is 5.64. The van der Waals surface area contributed by atoms with E-state index in [4.69, 9.17) is 27.9 Å². The molecule has 1 heterocycles. The van der Waals surface area contributed by atoms with Crippen molar-refractivity contribution in [2.45, 2.75) is 57.9 Å². The standard InChI is InChI=1S/C19H28Cl2N2O3S/c1-18(2,3)26-17(25)23-9-11(10-23)16(22-27-19(4,5)6)12-7-13(20)14(21)8-15(12)24/h7-8,11,16,22,24H,9-10H2,1-6H3. The number of carbonyl (C=O) groups is 1. The maximum Gasteiger partial charge on any atom is 0.410 e. The highest BCUT2D eigenvalue weighted by atomic mass is 35.5. The number of nitrogens with one attached hydrogen (secondary N) is 1. The van der Waals surface area contributed by atoms with Gasteiger partial charge in [0, 0.05) is 35.4 Å². The molecule has 152 valence electrons. The molecule has 2 rings (SSSR count). The molecule has 0 aliphatic carbocycles. The van der Waals surface area contributed by atoms with E-state index in [0.717, 1.165) is 0 Å². The van der Waals surface area contributed by atoms with Crippen molar-refractivity contribution >= 4 is 41.2 Å². The normalized spacial score (nSPS) is 16.8. The Labute approximate surface area is 175 Å². The number of benzene rings is 1. The topological polar surface area (TPSA) is 61.8 Å². The van der Waals surface area contributed by atoms with E-state index in [1.54, 1.807) is 22.9 Å². The van der Waals surface area contributed by atoms with Gasteiger partial charge in [0.25, 0.3) is 0 Å². The second-order valence-corrected chi connectivity index (χ2v) is 11.3. The van der Waals surface area contributed by atoms with Crippen molar-refractivity contribution in [3.05, 3.63) is 27.7 Å². The van der Waals surface area contributed by atoms with E-state index in [2.05, 4.69) is 25.5 Å². The summed E-state index contributed by atoms with van der Waals surface area (Å²) >= 11 is 13.8. The number of ether oxygens (including phenoxy) is 1. The first-order valence-corrected chi connectivity index (χ1v) is 10.4. The first-order chi connectivity index (χ1) is 12.3. The molecule has 1 aliphatic heterocycles. The van der Waals surface area contributed by atoms with Gasteiger partial charge in [0.1, 0.15) is 11.4 Å². The summed E-state index contributed by atoms with van der Waals surface area (Å²) < 4.78 is 8.86. The number of hydrogen-bond acceptors (Lipinski definition) is 5. The molecule has 0 radical (unpaired) electrons. The van der Waals surface area contributed by atoms with E-state index in [9.17, 15) is 9.90 Å². The van der Waals surface area contributed by atoms with Gasteiger partial charge < -0.3 is 14.7 Å². The summed E-state index contributed by atoms with van der Waals surface area (Å²) in [6, 6.07) is 2.97. The van der Waals surface area contributed by atoms with E-state index in [-0.39, 0.29) is 28.5 Å². The lowest BCUT2D eigenvalue weighted by Crippen LogP contribution is -2.55. The van der Waals surface area contributed by atoms with Crippen LogP contribution in [0.25, 0.3) is 0 Å². The Hall–Kier alpha value is -0.820. The van der Waals surface area contributed by atoms with Crippen LogP contribution in [0.2, 0.25) is 10.0 Å². The molecule has 1 aromatic rings. The molecule has 27 heavy (non-hydrogen) atoms. The summed E-state index contributed by atoms with van der Waals surface area (Å²) in [6.07, 6.45) is -0.320. The van der Waals surface area contributed by atoms with Crippen LogP contribution in [-0.2, 0) is 4.74 Å². The molecule has 1 aliphatic rings. The minimum Gasteiger partial charge on any atom is -0.508 e. The summed E-state index contributed by atoms with van der Waals surface area (Å²) in [5, 5.41) is 11.1. The lowest BCUT2D eigenvalue weighted by Gasteiger charge is -2.44. The number of carbonyl (C=O) groups excluding carboxylic acids is 1. The van der Waals surface area contributed by atoms with Gasteiger partial charge in [-0.1, -0.05) is 35.1 Å². The minimum absolute atomic E-state index is 0.0152. The second-order valence-electron chi connectivity index (χ2n) is 8.78. The number of rotatable bonds is 4. The lowest BCUT2D eigenvalue weighted by molar-refractivity contribution is -0.00565. The molecule has 1 saturated heterocycles. The Morgan fingerprint density at radius 3 is 2.30 bits per heavy atom. The molecule has 0 bridgehead atoms. The van der Waals surface area contributed by atoms with Crippen LogP contribution in [0.5, 0.6) is 5.75 Å². The molecular weight excluding hydrogens is 407 g/mol. The first-order valence-electron chi connectivity index (χ1n) is 8.86. The fraction of sp³-hybridized carbons (Fsp3) is 0.632. The van der Waals surface area contributed by atoms with Crippen LogP contribution in [-0.4, -0.2) is 39.5 Å². The van der Waals surface area contributed by atoms with Crippen LogP contribution in [0.1, 0.15) is 53.1 Å². The number of amides is 1. The second kappa shape index (κ2) is 8.27. The van der Waals surface area contributed by atoms with Crippen molar-refractivity contribution in [1.82, 2.24) is 9.62 Å². The van der Waals surface area contributed by atoms with E-state index in [1.807, 2.05) is 20.8 Å². The third-order valence-electron chi connectivity index (χ3n) is 3.93. The Bertz CT molecular complexity index is 695. The van der Waals surface area contributed by atoms with Crippen molar-refractivity contribution in [3.8, 4) is 5.75 Å². The van der Waals surface area contributed by atoms with Crippen molar-refractivity contribution in [3.63, 3.8) is 0 Å². The van der Waals surface area contributed by atoms with Crippen LogP contribution < -0.4 is 4.72 Å². The van der Waals surface area contributed by atoms with E-state index < -0.39 is 5.60 Å². The smallest absolute Gasteiger partial charge is 0.410 e. The number of likely N-dealkylation sites (tertiary alicyclic amines) is 1. The van der Waals surface area contributed by atoms with Crippen LogP contribution in [0.4, 0.5) is 4.79 Å². The van der Waals surface area contributed by atoms with Crippen molar-refractivity contribution < 1.29 is 14.6 Å². The van der Waals surface area contributed by atoms with E-state index >= 15 is 0 Å². The molecule has 2 N–H and O–H groups in total. The quantitative estimate of drug-likeness (QED) is 0.599. The highest BCUT2D eigenvalue weighted by molar-refractivity contribution is 7.98.